The van der Waals surface area contributed by atoms with Gasteiger partial charge in [-0.25, -0.2) is 0 Å². The number of hydrogen-bond acceptors (Lipinski definition) is 4. The topological polar surface area (TPSA) is 52.6 Å². The summed E-state index contributed by atoms with van der Waals surface area (Å²) in [5.41, 5.74) is 2.47. The molecule has 1 aromatic rings. The lowest BCUT2D eigenvalue weighted by molar-refractivity contribution is 0.0370. The molecule has 0 saturated heterocycles. The van der Waals surface area contributed by atoms with Gasteiger partial charge in [0.15, 0.2) is 8.32 Å². The molecule has 4 nitrogen and oxygen atoms in total. The van der Waals surface area contributed by atoms with E-state index >= 15 is 0 Å². The van der Waals surface area contributed by atoms with Gasteiger partial charge in [0.1, 0.15) is 0 Å². The van der Waals surface area contributed by atoms with Crippen molar-refractivity contribution in [2.24, 2.45) is 5.41 Å². The molecular weight excluding hydrogens is 424 g/mol. The summed E-state index contributed by atoms with van der Waals surface area (Å²) in [5, 5.41) is 0. The van der Waals surface area contributed by atoms with Gasteiger partial charge in [-0.2, -0.15) is 8.42 Å². The molecule has 0 fully saturated rings. The smallest absolute Gasteiger partial charge is 0.296 e. The summed E-state index contributed by atoms with van der Waals surface area (Å²) >= 11 is 0. The maximum Gasteiger partial charge on any atom is 0.296 e. The minimum atomic E-state index is -3.71. The molecule has 31 heavy (non-hydrogen) atoms. The van der Waals surface area contributed by atoms with Crippen LogP contribution in [0.5, 0.6) is 0 Å². The summed E-state index contributed by atoms with van der Waals surface area (Å²) in [6.45, 7) is 13.5. The molecular formula is C25H42O4SSi. The van der Waals surface area contributed by atoms with E-state index in [1.54, 1.807) is 24.3 Å². The van der Waals surface area contributed by atoms with Gasteiger partial charge in [0.05, 0.1) is 17.6 Å². The van der Waals surface area contributed by atoms with Gasteiger partial charge in [0.25, 0.3) is 10.1 Å². The third-order valence-electron chi connectivity index (χ3n) is 7.26. The second kappa shape index (κ2) is 11.3. The molecule has 1 aromatic carbocycles. The molecule has 0 amide bonds. The van der Waals surface area contributed by atoms with Gasteiger partial charge in [0.2, 0.25) is 0 Å². The molecule has 0 spiro atoms. The zero-order chi connectivity index (χ0) is 23.1. The predicted octanol–water partition coefficient (Wildman–Crippen LogP) is 7.01. The SMILES string of the molecule is CC[Si](CC)(CC)OC1CCC(C)=CC[C@]1(C)CCCOS(=O)(=O)c1ccc(C)cc1. The second-order valence-corrected chi connectivity index (χ2v) is 15.8. The molecule has 1 aliphatic carbocycles. The highest BCUT2D eigenvalue weighted by atomic mass is 32.2. The summed E-state index contributed by atoms with van der Waals surface area (Å²) < 4.78 is 37.3. The number of allylic oxidation sites excluding steroid dienone is 2. The van der Waals surface area contributed by atoms with E-state index in [4.69, 9.17) is 8.61 Å². The summed E-state index contributed by atoms with van der Waals surface area (Å²) in [5.74, 6) is 0. The fourth-order valence-electron chi connectivity index (χ4n) is 4.53. The molecule has 0 aliphatic heterocycles. The minimum Gasteiger partial charge on any atom is -0.413 e. The first kappa shape index (κ1) is 26.3. The Morgan fingerprint density at radius 2 is 1.68 bits per heavy atom. The van der Waals surface area contributed by atoms with E-state index in [2.05, 4.69) is 40.7 Å². The van der Waals surface area contributed by atoms with Crippen LogP contribution in [0.3, 0.4) is 0 Å². The fourth-order valence-corrected chi connectivity index (χ4v) is 8.48. The number of rotatable bonds is 11. The van der Waals surface area contributed by atoms with Gasteiger partial charge < -0.3 is 4.43 Å². The van der Waals surface area contributed by atoms with E-state index in [9.17, 15) is 8.42 Å². The summed E-state index contributed by atoms with van der Waals surface area (Å²) in [6.07, 6.45) is 7.30. The Balaban J connectivity index is 2.05. The first-order chi connectivity index (χ1) is 14.6. The third kappa shape index (κ3) is 7.01. The zero-order valence-corrected chi connectivity index (χ0v) is 22.2. The molecule has 2 rings (SSSR count). The van der Waals surface area contributed by atoms with Crippen LogP contribution < -0.4 is 0 Å². The summed E-state index contributed by atoms with van der Waals surface area (Å²) in [6, 6.07) is 10.3. The lowest BCUT2D eigenvalue weighted by Gasteiger charge is -2.42. The standard InChI is InChI=1S/C25H42O4SSi/c1-7-31(8-2,9-3)29-24-16-13-22(5)17-19-25(24,6)18-10-20-28-30(26,27)23-14-11-21(4)12-15-23/h11-12,14-15,17,24H,7-10,13,16,18-20H2,1-6H3/t24?,25-/m0/s1. The van der Waals surface area contributed by atoms with Crippen LogP contribution in [0.4, 0.5) is 0 Å². The van der Waals surface area contributed by atoms with Gasteiger partial charge >= 0.3 is 0 Å². The van der Waals surface area contributed by atoms with Crippen molar-refractivity contribution in [3.8, 4) is 0 Å². The van der Waals surface area contributed by atoms with Crippen LogP contribution in [-0.2, 0) is 18.7 Å². The fraction of sp³-hybridized carbons (Fsp3) is 0.680. The molecule has 176 valence electrons. The van der Waals surface area contributed by atoms with Gasteiger partial charge in [-0.05, 0) is 81.6 Å². The quantitative estimate of drug-likeness (QED) is 0.152. The van der Waals surface area contributed by atoms with Crippen molar-refractivity contribution in [2.75, 3.05) is 6.61 Å². The zero-order valence-electron chi connectivity index (χ0n) is 20.4. The molecule has 0 aromatic heterocycles. The van der Waals surface area contributed by atoms with E-state index in [0.29, 0.717) is 6.42 Å². The molecule has 1 aliphatic rings. The summed E-state index contributed by atoms with van der Waals surface area (Å²) in [7, 11) is -5.42. The Hall–Kier alpha value is -0.953. The van der Waals surface area contributed by atoms with Gasteiger partial charge in [-0.1, -0.05) is 57.0 Å². The molecule has 0 radical (unpaired) electrons. The lowest BCUT2D eigenvalue weighted by Crippen LogP contribution is -2.46. The first-order valence-corrected chi connectivity index (χ1v) is 15.8. The Kier molecular flexibility index (Phi) is 9.55. The van der Waals surface area contributed by atoms with Crippen LogP contribution in [0.1, 0.15) is 72.3 Å². The lowest BCUT2D eigenvalue weighted by atomic mass is 9.76. The van der Waals surface area contributed by atoms with Crippen LogP contribution in [0.15, 0.2) is 40.8 Å². The largest absolute Gasteiger partial charge is 0.413 e. The number of aryl methyl sites for hydroxylation is 1. The van der Waals surface area contributed by atoms with Gasteiger partial charge in [0, 0.05) is 0 Å². The van der Waals surface area contributed by atoms with Crippen molar-refractivity contribution in [3.05, 3.63) is 41.5 Å². The third-order valence-corrected chi connectivity index (χ3v) is 13.2. The number of hydrogen-bond donors (Lipinski definition) is 0. The predicted molar refractivity (Wildman–Crippen MR) is 131 cm³/mol. The van der Waals surface area contributed by atoms with E-state index in [-0.39, 0.29) is 23.0 Å². The van der Waals surface area contributed by atoms with Gasteiger partial charge in [-0.15, -0.1) is 0 Å². The van der Waals surface area contributed by atoms with Crippen molar-refractivity contribution >= 4 is 18.4 Å². The highest BCUT2D eigenvalue weighted by Crippen LogP contribution is 2.42. The highest BCUT2D eigenvalue weighted by Gasteiger charge is 2.41. The normalized spacial score (nSPS) is 22.8. The van der Waals surface area contributed by atoms with Crippen LogP contribution in [0.25, 0.3) is 0 Å². The van der Waals surface area contributed by atoms with Crippen LogP contribution >= 0.6 is 0 Å². The van der Waals surface area contributed by atoms with E-state index in [0.717, 1.165) is 49.4 Å². The maximum absolute atomic E-state index is 12.5. The van der Waals surface area contributed by atoms with Crippen molar-refractivity contribution in [2.45, 2.75) is 103 Å². The van der Waals surface area contributed by atoms with Crippen LogP contribution in [0.2, 0.25) is 18.1 Å². The first-order valence-electron chi connectivity index (χ1n) is 11.9. The molecule has 6 heteroatoms. The molecule has 0 bridgehead atoms. The highest BCUT2D eigenvalue weighted by molar-refractivity contribution is 7.86. The Morgan fingerprint density at radius 3 is 2.26 bits per heavy atom. The van der Waals surface area contributed by atoms with Gasteiger partial charge in [-0.3, -0.25) is 4.18 Å². The second-order valence-electron chi connectivity index (χ2n) is 9.49. The monoisotopic (exact) mass is 466 g/mol. The Labute approximate surface area is 191 Å². The van der Waals surface area contributed by atoms with Crippen molar-refractivity contribution in [1.82, 2.24) is 0 Å². The minimum absolute atomic E-state index is 0.00645. The molecule has 1 unspecified atom stereocenters. The van der Waals surface area contributed by atoms with Crippen LogP contribution in [0, 0.1) is 12.3 Å². The maximum atomic E-state index is 12.5. The summed E-state index contributed by atoms with van der Waals surface area (Å²) in [4.78, 5) is 0.225. The van der Waals surface area contributed by atoms with E-state index < -0.39 is 18.4 Å². The Bertz CT molecular complexity index is 819. The van der Waals surface area contributed by atoms with Crippen molar-refractivity contribution < 1.29 is 17.0 Å². The van der Waals surface area contributed by atoms with E-state index in [1.807, 2.05) is 6.92 Å². The molecule has 0 saturated carbocycles. The molecule has 0 N–H and O–H groups in total. The van der Waals surface area contributed by atoms with E-state index in [1.165, 1.54) is 5.57 Å². The van der Waals surface area contributed by atoms with Crippen molar-refractivity contribution in [3.63, 3.8) is 0 Å². The molecule has 0 heterocycles. The average molecular weight is 467 g/mol. The molecule has 2 atom stereocenters. The number of benzene rings is 1. The van der Waals surface area contributed by atoms with Crippen molar-refractivity contribution in [1.29, 1.82) is 0 Å². The van der Waals surface area contributed by atoms with Crippen LogP contribution in [-0.4, -0.2) is 29.4 Å². The average Bonchev–Trinajstić information content (AvgIpc) is 2.89. The Morgan fingerprint density at radius 1 is 1.06 bits per heavy atom.